The van der Waals surface area contributed by atoms with Gasteiger partial charge >= 0.3 is 12.1 Å². The minimum atomic E-state index is -4.84. The lowest BCUT2D eigenvalue weighted by atomic mass is 10.2. The lowest BCUT2D eigenvalue weighted by molar-refractivity contribution is -0.274. The molecule has 4 rings (SSSR count). The predicted molar refractivity (Wildman–Crippen MR) is 121 cm³/mol. The van der Waals surface area contributed by atoms with E-state index in [2.05, 4.69) is 14.7 Å². The zero-order chi connectivity index (χ0) is 25.5. The zero-order valence-corrected chi connectivity index (χ0v) is 19.0. The summed E-state index contributed by atoms with van der Waals surface area (Å²) in [6.07, 6.45) is -5.68. The summed E-state index contributed by atoms with van der Waals surface area (Å²) in [7, 11) is 1.62. The summed E-state index contributed by atoms with van der Waals surface area (Å²) in [5.41, 5.74) is -0.411. The molecule has 2 aromatic carbocycles. The molecule has 1 unspecified atom stereocenters. The second-order valence-electron chi connectivity index (χ2n) is 7.65. The van der Waals surface area contributed by atoms with E-state index in [-0.39, 0.29) is 28.5 Å². The Bertz CT molecular complexity index is 1510. The summed E-state index contributed by atoms with van der Waals surface area (Å²) in [4.78, 5) is 31.3. The lowest BCUT2D eigenvalue weighted by Gasteiger charge is -2.12. The largest absolute Gasteiger partial charge is 0.573 e. The van der Waals surface area contributed by atoms with Crippen LogP contribution in [0.15, 0.2) is 52.1 Å². The molecule has 0 bridgehead atoms. The summed E-state index contributed by atoms with van der Waals surface area (Å²) in [6, 6.07) is 9.77. The van der Waals surface area contributed by atoms with Gasteiger partial charge in [0.15, 0.2) is 11.2 Å². The van der Waals surface area contributed by atoms with Crippen LogP contribution in [0.4, 0.5) is 13.2 Å². The number of nitrogens with zero attached hydrogens (tertiary/aromatic N) is 3. The molecule has 0 fully saturated rings. The second-order valence-corrected chi connectivity index (χ2v) is 8.06. The molecular formula is C22H18ClF3N4O5. The van der Waals surface area contributed by atoms with Crippen LogP contribution in [-0.2, 0) is 13.6 Å². The third kappa shape index (κ3) is 5.17. The molecule has 2 N–H and O–H groups in total. The molecule has 35 heavy (non-hydrogen) atoms. The van der Waals surface area contributed by atoms with Gasteiger partial charge in [0.05, 0.1) is 17.7 Å². The van der Waals surface area contributed by atoms with E-state index in [1.165, 1.54) is 22.1 Å². The van der Waals surface area contributed by atoms with Crippen LogP contribution >= 0.6 is 11.6 Å². The van der Waals surface area contributed by atoms with Crippen molar-refractivity contribution in [2.45, 2.75) is 25.9 Å². The number of hydrogen-bond donors (Lipinski definition) is 2. The van der Waals surface area contributed by atoms with Crippen molar-refractivity contribution in [1.29, 1.82) is 0 Å². The van der Waals surface area contributed by atoms with Crippen molar-refractivity contribution in [3.05, 3.63) is 68.3 Å². The number of ether oxygens (including phenoxy) is 2. The van der Waals surface area contributed by atoms with Gasteiger partial charge in [0, 0.05) is 18.7 Å². The summed E-state index contributed by atoms with van der Waals surface area (Å²) >= 11 is 6.02. The number of aromatic amines is 1. The highest BCUT2D eigenvalue weighted by Crippen LogP contribution is 2.35. The Morgan fingerprint density at radius 1 is 1.14 bits per heavy atom. The van der Waals surface area contributed by atoms with E-state index in [0.29, 0.717) is 17.1 Å². The SMILES string of the molecule is CC(O)Cn1c(=O)[nH]c(=O)c2c1nc(-c1ccc(Oc3ccc(OC(F)(F)F)cc3Cl)cc1)n2C. The van der Waals surface area contributed by atoms with E-state index in [9.17, 15) is 27.9 Å². The first kappa shape index (κ1) is 24.4. The van der Waals surface area contributed by atoms with Gasteiger partial charge in [-0.15, -0.1) is 13.2 Å². The van der Waals surface area contributed by atoms with Crippen molar-refractivity contribution in [3.63, 3.8) is 0 Å². The van der Waals surface area contributed by atoms with Crippen molar-refractivity contribution in [2.75, 3.05) is 0 Å². The molecule has 0 aliphatic rings. The van der Waals surface area contributed by atoms with E-state index < -0.39 is 29.5 Å². The molecule has 1 atom stereocenters. The number of benzene rings is 2. The number of alkyl halides is 3. The van der Waals surface area contributed by atoms with Crippen LogP contribution in [0.2, 0.25) is 5.02 Å². The first-order chi connectivity index (χ1) is 16.4. The fraction of sp³-hybridized carbons (Fsp3) is 0.227. The number of aliphatic hydroxyl groups is 1. The van der Waals surface area contributed by atoms with Crippen LogP contribution in [0, 0.1) is 0 Å². The average molecular weight is 511 g/mol. The van der Waals surface area contributed by atoms with Crippen molar-refractivity contribution in [3.8, 4) is 28.6 Å². The van der Waals surface area contributed by atoms with Crippen molar-refractivity contribution < 1.29 is 27.8 Å². The molecule has 0 saturated heterocycles. The molecule has 2 aromatic heterocycles. The highest BCUT2D eigenvalue weighted by atomic mass is 35.5. The summed E-state index contributed by atoms with van der Waals surface area (Å²) < 4.78 is 49.3. The molecule has 2 heterocycles. The molecule has 184 valence electrons. The topological polar surface area (TPSA) is 111 Å². The molecule has 9 nitrogen and oxygen atoms in total. The summed E-state index contributed by atoms with van der Waals surface area (Å²) in [5, 5.41) is 9.64. The predicted octanol–water partition coefficient (Wildman–Crippen LogP) is 3.82. The van der Waals surface area contributed by atoms with Crippen LogP contribution < -0.4 is 20.7 Å². The van der Waals surface area contributed by atoms with E-state index in [1.807, 2.05) is 0 Å². The van der Waals surface area contributed by atoms with Gasteiger partial charge in [-0.25, -0.2) is 9.78 Å². The Hall–Kier alpha value is -3.77. The number of nitrogens with one attached hydrogen (secondary N) is 1. The standard InChI is InChI=1S/C22H18ClF3N4O5/c1-11(31)10-30-19-17(20(32)28-21(30)33)29(2)18(27-19)12-3-5-13(6-4-12)34-16-8-7-14(9-15(16)23)35-22(24,25)26/h3-9,11,31H,10H2,1-2H3,(H,28,32,33). The number of aliphatic hydroxyl groups excluding tert-OH is 1. The molecule has 0 aliphatic heterocycles. The first-order valence-electron chi connectivity index (χ1n) is 10.1. The van der Waals surface area contributed by atoms with E-state index in [1.54, 1.807) is 31.3 Å². The van der Waals surface area contributed by atoms with Crippen molar-refractivity contribution >= 4 is 22.8 Å². The average Bonchev–Trinajstić information content (AvgIpc) is 3.10. The Morgan fingerprint density at radius 3 is 2.40 bits per heavy atom. The second kappa shape index (κ2) is 9.12. The maximum atomic E-state index is 12.4. The minimum Gasteiger partial charge on any atom is -0.456 e. The number of rotatable bonds is 6. The molecule has 0 amide bonds. The summed E-state index contributed by atoms with van der Waals surface area (Å²) in [5.74, 6) is 0.359. The Balaban J connectivity index is 1.64. The number of halogens is 4. The highest BCUT2D eigenvalue weighted by Gasteiger charge is 2.31. The number of H-pyrrole nitrogens is 1. The smallest absolute Gasteiger partial charge is 0.456 e. The number of fused-ring (bicyclic) bond motifs is 1. The van der Waals surface area contributed by atoms with Gasteiger partial charge in [0.25, 0.3) is 5.56 Å². The fourth-order valence-electron chi connectivity index (χ4n) is 3.50. The fourth-order valence-corrected chi connectivity index (χ4v) is 3.71. The van der Waals surface area contributed by atoms with Crippen LogP contribution in [0.3, 0.4) is 0 Å². The highest BCUT2D eigenvalue weighted by molar-refractivity contribution is 6.32. The van der Waals surface area contributed by atoms with Gasteiger partial charge in [0.2, 0.25) is 0 Å². The first-order valence-corrected chi connectivity index (χ1v) is 10.5. The van der Waals surface area contributed by atoms with Crippen LogP contribution in [-0.4, -0.2) is 36.7 Å². The van der Waals surface area contributed by atoms with Gasteiger partial charge in [-0.05, 0) is 43.3 Å². The van der Waals surface area contributed by atoms with E-state index >= 15 is 0 Å². The van der Waals surface area contributed by atoms with Gasteiger partial charge in [0.1, 0.15) is 23.1 Å². The van der Waals surface area contributed by atoms with Gasteiger partial charge in [-0.2, -0.15) is 0 Å². The lowest BCUT2D eigenvalue weighted by Crippen LogP contribution is -2.33. The van der Waals surface area contributed by atoms with Crippen LogP contribution in [0.1, 0.15) is 6.92 Å². The third-order valence-corrected chi connectivity index (χ3v) is 5.23. The molecular weight excluding hydrogens is 493 g/mol. The minimum absolute atomic E-state index is 0.0527. The molecule has 4 aromatic rings. The number of aryl methyl sites for hydroxylation is 1. The van der Waals surface area contributed by atoms with Gasteiger partial charge in [-0.3, -0.25) is 14.3 Å². The summed E-state index contributed by atoms with van der Waals surface area (Å²) in [6.45, 7) is 1.46. The van der Waals surface area contributed by atoms with Crippen LogP contribution in [0.25, 0.3) is 22.6 Å². The Morgan fingerprint density at radius 2 is 1.80 bits per heavy atom. The van der Waals surface area contributed by atoms with E-state index in [4.69, 9.17) is 16.3 Å². The Labute approximate surface area is 199 Å². The molecule has 0 saturated carbocycles. The zero-order valence-electron chi connectivity index (χ0n) is 18.3. The normalized spacial score (nSPS) is 12.7. The monoisotopic (exact) mass is 510 g/mol. The Kier molecular flexibility index (Phi) is 6.34. The van der Waals surface area contributed by atoms with Gasteiger partial charge in [-0.1, -0.05) is 11.6 Å². The van der Waals surface area contributed by atoms with Crippen molar-refractivity contribution in [2.24, 2.45) is 7.05 Å². The third-order valence-electron chi connectivity index (χ3n) is 4.94. The van der Waals surface area contributed by atoms with Crippen LogP contribution in [0.5, 0.6) is 17.2 Å². The maximum absolute atomic E-state index is 12.4. The quantitative estimate of drug-likeness (QED) is 0.408. The molecule has 0 spiro atoms. The number of aromatic nitrogens is 4. The van der Waals surface area contributed by atoms with E-state index in [0.717, 1.165) is 12.1 Å². The van der Waals surface area contributed by atoms with Crippen molar-refractivity contribution in [1.82, 2.24) is 19.1 Å². The number of hydrogen-bond acceptors (Lipinski definition) is 6. The number of imidazole rings is 1. The molecule has 0 radical (unpaired) electrons. The maximum Gasteiger partial charge on any atom is 0.573 e. The van der Waals surface area contributed by atoms with Gasteiger partial charge < -0.3 is 19.1 Å². The molecule has 13 heteroatoms. The molecule has 0 aliphatic carbocycles.